The van der Waals surface area contributed by atoms with Crippen molar-refractivity contribution in [2.24, 2.45) is 0 Å². The highest BCUT2D eigenvalue weighted by atomic mass is 32.1. The first kappa shape index (κ1) is 30.7. The van der Waals surface area contributed by atoms with Gasteiger partial charge in [-0.3, -0.25) is 9.13 Å². The van der Waals surface area contributed by atoms with Gasteiger partial charge in [0.1, 0.15) is 0 Å². The van der Waals surface area contributed by atoms with Crippen LogP contribution in [0.25, 0.3) is 147 Å². The molecule has 9 heteroatoms. The lowest BCUT2D eigenvalue weighted by atomic mass is 10.1. The molecule has 0 aliphatic heterocycles. The number of aromatic nitrogens is 7. The zero-order valence-electron chi connectivity index (χ0n) is 48.9. The lowest BCUT2D eigenvalue weighted by Gasteiger charge is -2.20. The van der Waals surface area contributed by atoms with Gasteiger partial charge in [0.25, 0.3) is 0 Å². The molecule has 16 aromatic rings. The van der Waals surface area contributed by atoms with E-state index in [2.05, 4.69) is 29.1 Å². The molecule has 0 saturated carbocycles. The first-order valence-corrected chi connectivity index (χ1v) is 24.2. The highest BCUT2D eigenvalue weighted by Gasteiger charge is 2.28. The first-order valence-electron chi connectivity index (χ1n) is 28.9. The van der Waals surface area contributed by atoms with Crippen LogP contribution in [0.2, 0.25) is 0 Å². The van der Waals surface area contributed by atoms with Gasteiger partial charge in [0.15, 0.2) is 11.5 Å². The van der Waals surface area contributed by atoms with Crippen molar-refractivity contribution >= 4 is 124 Å². The molecular formula is C64H36N8S. The van der Waals surface area contributed by atoms with Crippen LogP contribution >= 0.6 is 11.3 Å². The summed E-state index contributed by atoms with van der Waals surface area (Å²) in [6.45, 7) is 8.05. The molecule has 6 heterocycles. The Kier molecular flexibility index (Phi) is 6.33. The summed E-state index contributed by atoms with van der Waals surface area (Å²) in [6, 6.07) is 42.3. The van der Waals surface area contributed by atoms with E-state index in [0.717, 1.165) is 47.1 Å². The smallest absolute Gasteiger partial charge is 0.240 e. The monoisotopic (exact) mass is 959 g/mol. The third kappa shape index (κ3) is 5.55. The number of para-hydroxylation sites is 6. The molecule has 6 aromatic heterocycles. The minimum absolute atomic E-state index is 0.0358. The Bertz CT molecular complexity index is 5620. The van der Waals surface area contributed by atoms with Gasteiger partial charge >= 0.3 is 0 Å². The first-order chi connectivity index (χ1) is 40.8. The van der Waals surface area contributed by atoms with Gasteiger partial charge in [-0.05, 0) is 78.1 Å². The molecule has 0 N–H and O–H groups in total. The van der Waals surface area contributed by atoms with Crippen molar-refractivity contribution < 1.29 is 15.1 Å². The van der Waals surface area contributed by atoms with Crippen molar-refractivity contribution in [3.63, 3.8) is 0 Å². The maximum Gasteiger partial charge on any atom is 0.240 e. The lowest BCUT2D eigenvalue weighted by Crippen LogP contribution is -2.12. The largest absolute Gasteiger partial charge is 0.309 e. The minimum atomic E-state index is -0.636. The number of thiophene rings is 1. The van der Waals surface area contributed by atoms with Crippen molar-refractivity contribution in [2.45, 2.75) is 0 Å². The molecule has 10 aromatic carbocycles. The third-order valence-corrected chi connectivity index (χ3v) is 15.2. The van der Waals surface area contributed by atoms with E-state index >= 15 is 0 Å². The Morgan fingerprint density at radius 1 is 0.397 bits per heavy atom. The van der Waals surface area contributed by atoms with Gasteiger partial charge in [-0.1, -0.05) is 145 Å². The van der Waals surface area contributed by atoms with Crippen molar-refractivity contribution in [3.05, 3.63) is 230 Å². The van der Waals surface area contributed by atoms with Crippen LogP contribution in [-0.2, 0) is 0 Å². The molecule has 16 rings (SSSR count). The van der Waals surface area contributed by atoms with Crippen LogP contribution in [0.3, 0.4) is 0 Å². The molecule has 0 bridgehead atoms. The van der Waals surface area contributed by atoms with E-state index in [4.69, 9.17) is 27.0 Å². The van der Waals surface area contributed by atoms with Gasteiger partial charge in [0.2, 0.25) is 11.9 Å². The predicted molar refractivity (Wildman–Crippen MR) is 302 cm³/mol. The van der Waals surface area contributed by atoms with Crippen molar-refractivity contribution in [1.82, 2.24) is 33.2 Å². The topological polar surface area (TPSA) is 62.8 Å². The SMILES string of the molecule is [2H]c1c([2H])c(-n2c3ccccc3c3cc([N+]#[C-])ccc32)c(-c2nc(-n3c4ccccc4c4ccccc43)nc(-n3c4c([2H])c([2H])c([2H])c([2H])c4c4c([2H])c([2H])c([2H])c([2H])c43)n2)c(-n2c3ccccc3c3ccc4sc5ccccc5c4c32)c1[2H]. The molecule has 338 valence electrons. The number of hydrogen-bond donors (Lipinski definition) is 0. The second-order valence-corrected chi connectivity index (χ2v) is 18.9. The maximum absolute atomic E-state index is 10.5. The van der Waals surface area contributed by atoms with Crippen molar-refractivity contribution in [3.8, 4) is 34.7 Å². The molecule has 0 amide bonds. The molecule has 73 heavy (non-hydrogen) atoms. The molecule has 0 saturated heterocycles. The second kappa shape index (κ2) is 15.1. The Morgan fingerprint density at radius 2 is 0.904 bits per heavy atom. The molecule has 0 aliphatic carbocycles. The van der Waals surface area contributed by atoms with Gasteiger partial charge in [-0.2, -0.15) is 15.0 Å². The summed E-state index contributed by atoms with van der Waals surface area (Å²) in [4.78, 5) is 19.9. The highest BCUT2D eigenvalue weighted by molar-refractivity contribution is 7.26. The standard InChI is InChI=1S/C64H36N8S/c1-65-38-33-35-54-47(37-38)44-22-7-9-24-48(44)69(54)55-30-16-31-56(70-49-25-10-6-21-43(49)45-34-36-58-59(61(45)70)46-23-8-15-32-57(46)73-58)60(55)62-66-63(71-50-26-11-2-17-39(50)40-18-3-12-27-51(40)71)68-64(67-62)72-52-28-13-4-19-41(52)42-20-5-14-29-53(42)72/h2-37H/i2D,3D,11D,12D,16D,17D,18D,26D,27D,30D,31D. The maximum atomic E-state index is 10.5. The lowest BCUT2D eigenvalue weighted by molar-refractivity contribution is 0.891. The van der Waals surface area contributed by atoms with Gasteiger partial charge in [0, 0.05) is 57.9 Å². The second-order valence-electron chi connectivity index (χ2n) is 17.8. The molecule has 0 unspecified atom stereocenters. The fourth-order valence-electron chi connectivity index (χ4n) is 11.1. The van der Waals surface area contributed by atoms with E-state index in [1.165, 1.54) is 4.57 Å². The Labute approximate surface area is 435 Å². The molecule has 0 spiro atoms. The van der Waals surface area contributed by atoms with Crippen LogP contribution in [-0.4, -0.2) is 33.2 Å². The van der Waals surface area contributed by atoms with E-state index in [-0.39, 0.29) is 68.5 Å². The normalized spacial score (nSPS) is 14.2. The Morgan fingerprint density at radius 3 is 1.55 bits per heavy atom. The summed E-state index contributed by atoms with van der Waals surface area (Å²) in [5.41, 5.74) is 4.00. The fraction of sp³-hybridized carbons (Fsp3) is 0. The molecule has 8 nitrogen and oxygen atoms in total. The summed E-state index contributed by atoms with van der Waals surface area (Å²) < 4.78 is 114. The van der Waals surface area contributed by atoms with Gasteiger partial charge < -0.3 is 9.13 Å². The fourth-order valence-corrected chi connectivity index (χ4v) is 12.2. The van der Waals surface area contributed by atoms with E-state index < -0.39 is 54.4 Å². The van der Waals surface area contributed by atoms with E-state index in [1.54, 1.807) is 29.5 Å². The number of nitrogens with zero attached hydrogens (tertiary/aromatic N) is 8. The summed E-state index contributed by atoms with van der Waals surface area (Å²) in [5.74, 6) is -0.530. The van der Waals surface area contributed by atoms with Crippen LogP contribution in [0, 0.1) is 6.57 Å². The summed E-state index contributed by atoms with van der Waals surface area (Å²) >= 11 is 1.62. The number of hydrogen-bond acceptors (Lipinski definition) is 4. The summed E-state index contributed by atoms with van der Waals surface area (Å²) in [7, 11) is 0. The van der Waals surface area contributed by atoms with Crippen molar-refractivity contribution in [1.29, 1.82) is 0 Å². The van der Waals surface area contributed by atoms with Gasteiger partial charge in [-0.15, -0.1) is 11.3 Å². The van der Waals surface area contributed by atoms with Crippen LogP contribution in [0.5, 0.6) is 0 Å². The van der Waals surface area contributed by atoms with Crippen LogP contribution in [0.4, 0.5) is 5.69 Å². The summed E-state index contributed by atoms with van der Waals surface area (Å²) in [6.07, 6.45) is 0. The van der Waals surface area contributed by atoms with Crippen LogP contribution in [0.15, 0.2) is 218 Å². The van der Waals surface area contributed by atoms with E-state index in [0.29, 0.717) is 44.2 Å². The predicted octanol–water partition coefficient (Wildman–Crippen LogP) is 16.8. The number of fused-ring (bicyclic) bond motifs is 16. The zero-order chi connectivity index (χ0) is 57.5. The Balaban J connectivity index is 1.18. The van der Waals surface area contributed by atoms with E-state index in [9.17, 15) is 9.60 Å². The molecule has 0 fully saturated rings. The molecular weight excluding hydrogens is 913 g/mol. The molecule has 0 radical (unpaired) electrons. The molecule has 0 aliphatic rings. The quantitative estimate of drug-likeness (QED) is 0.161. The summed E-state index contributed by atoms with van der Waals surface area (Å²) in [5, 5.41) is 6.21. The van der Waals surface area contributed by atoms with Crippen LogP contribution < -0.4 is 0 Å². The number of benzene rings is 10. The van der Waals surface area contributed by atoms with Gasteiger partial charge in [-0.25, -0.2) is 4.85 Å². The van der Waals surface area contributed by atoms with Gasteiger partial charge in [0.05, 0.1) is 82.7 Å². The molecule has 0 atom stereocenters. The van der Waals surface area contributed by atoms with Crippen LogP contribution in [0.1, 0.15) is 15.1 Å². The zero-order valence-corrected chi connectivity index (χ0v) is 38.7. The average Bonchev–Trinajstić information content (AvgIpc) is 2.99. The third-order valence-electron chi connectivity index (χ3n) is 14.1. The minimum Gasteiger partial charge on any atom is -0.309 e. The number of rotatable bonds is 5. The highest BCUT2D eigenvalue weighted by Crippen LogP contribution is 2.47. The van der Waals surface area contributed by atoms with E-state index in [1.807, 2.05) is 123 Å². The average molecular weight is 960 g/mol. The Hall–Kier alpha value is -9.88. The van der Waals surface area contributed by atoms with Crippen molar-refractivity contribution in [2.75, 3.05) is 0 Å².